The van der Waals surface area contributed by atoms with E-state index in [2.05, 4.69) is 118 Å². The normalized spacial score (nSPS) is 18.2. The Morgan fingerprint density at radius 2 is 1.03 bits per heavy atom. The molecular formula is C33H40N3OPS. The zero-order valence-corrected chi connectivity index (χ0v) is 26.3. The predicted molar refractivity (Wildman–Crippen MR) is 168 cm³/mol. The zero-order valence-electron chi connectivity index (χ0n) is 24.6. The van der Waals surface area contributed by atoms with Crippen molar-refractivity contribution >= 4 is 28.6 Å². The molecule has 1 saturated heterocycles. The smallest absolute Gasteiger partial charge is 0.0753 e. The van der Waals surface area contributed by atoms with Crippen LogP contribution >= 0.6 is 6.19 Å². The molecule has 0 aliphatic carbocycles. The van der Waals surface area contributed by atoms with E-state index in [1.165, 1.54) is 67.0 Å². The van der Waals surface area contributed by atoms with Crippen molar-refractivity contribution in [2.24, 2.45) is 0 Å². The van der Waals surface area contributed by atoms with Gasteiger partial charge in [-0.2, -0.15) is 0 Å². The summed E-state index contributed by atoms with van der Waals surface area (Å²) in [6.45, 7) is 21.6. The lowest BCUT2D eigenvalue weighted by Gasteiger charge is -2.45. The van der Waals surface area contributed by atoms with Gasteiger partial charge in [-0.1, -0.05) is 61.0 Å². The van der Waals surface area contributed by atoms with Crippen LogP contribution in [0.4, 0.5) is 0 Å². The summed E-state index contributed by atoms with van der Waals surface area (Å²) in [5.41, 5.74) is 12.8. The maximum atomic E-state index is 7.10. The first-order valence-corrected chi connectivity index (χ1v) is 16.8. The minimum atomic E-state index is -2.35. The molecule has 0 bridgehead atoms. The Hall–Kier alpha value is -2.43. The van der Waals surface area contributed by atoms with Gasteiger partial charge in [0.1, 0.15) is 0 Å². The fraction of sp³-hybridized carbons (Fsp3) is 0.394. The van der Waals surface area contributed by atoms with E-state index in [0.29, 0.717) is 0 Å². The van der Waals surface area contributed by atoms with Crippen LogP contribution in [0.2, 0.25) is 0 Å². The first-order chi connectivity index (χ1) is 18.5. The average Bonchev–Trinajstić information content (AvgIpc) is 3.35. The molecule has 2 aromatic heterocycles. The van der Waals surface area contributed by atoms with E-state index >= 15 is 0 Å². The van der Waals surface area contributed by atoms with E-state index in [4.69, 9.17) is 16.5 Å². The van der Waals surface area contributed by atoms with E-state index in [0.717, 1.165) is 26.3 Å². The molecule has 6 heteroatoms. The van der Waals surface area contributed by atoms with Gasteiger partial charge in [0.2, 0.25) is 0 Å². The van der Waals surface area contributed by atoms with E-state index in [1.54, 1.807) is 0 Å². The van der Waals surface area contributed by atoms with Gasteiger partial charge in [-0.25, -0.2) is 0 Å². The molecule has 0 amide bonds. The van der Waals surface area contributed by atoms with Crippen molar-refractivity contribution in [3.05, 3.63) is 93.6 Å². The minimum Gasteiger partial charge on any atom is -0.379 e. The third kappa shape index (κ3) is 3.74. The standard InChI is InChI=1S/C33H40N3OPS/c1-21-9-13-27(14-10-21)35-23(3)29-31(25(35)5)38(39,34-17-19-37-20-18-34)32-26(6)36(24(4)30(32)33(29,7)8)28-15-11-22(2)12-16-28/h9-16H,17-20H2,1-8H3. The molecule has 4 aromatic rings. The molecule has 0 atom stereocenters. The van der Waals surface area contributed by atoms with Gasteiger partial charge in [-0.05, 0) is 76.9 Å². The Balaban J connectivity index is 1.71. The Morgan fingerprint density at radius 3 is 1.41 bits per heavy atom. The Morgan fingerprint density at radius 1 is 0.641 bits per heavy atom. The molecule has 2 aliphatic heterocycles. The van der Waals surface area contributed by atoms with Crippen LogP contribution in [0.25, 0.3) is 11.4 Å². The number of rotatable bonds is 3. The van der Waals surface area contributed by atoms with Gasteiger partial charge in [-0.3, -0.25) is 4.67 Å². The summed E-state index contributed by atoms with van der Waals surface area (Å²) in [4.78, 5) is 0. The van der Waals surface area contributed by atoms with Crippen LogP contribution in [0, 0.1) is 41.5 Å². The Kier molecular flexibility index (Phi) is 6.39. The summed E-state index contributed by atoms with van der Waals surface area (Å²) in [7, 11) is 0. The van der Waals surface area contributed by atoms with Crippen molar-refractivity contribution in [1.29, 1.82) is 0 Å². The average molecular weight is 558 g/mol. The third-order valence-corrected chi connectivity index (χ3v) is 14.3. The summed E-state index contributed by atoms with van der Waals surface area (Å²) in [5, 5.41) is 2.80. The van der Waals surface area contributed by atoms with Crippen molar-refractivity contribution in [1.82, 2.24) is 13.8 Å². The number of aryl methyl sites for hydroxylation is 2. The van der Waals surface area contributed by atoms with Crippen LogP contribution in [-0.4, -0.2) is 40.1 Å². The van der Waals surface area contributed by atoms with Crippen LogP contribution in [0.1, 0.15) is 58.9 Å². The lowest BCUT2D eigenvalue weighted by molar-refractivity contribution is 0.0754. The van der Waals surface area contributed by atoms with Crippen LogP contribution in [0.3, 0.4) is 0 Å². The maximum absolute atomic E-state index is 7.10. The second-order valence-electron chi connectivity index (χ2n) is 11.9. The van der Waals surface area contributed by atoms with Crippen molar-refractivity contribution in [2.75, 3.05) is 26.3 Å². The molecule has 1 fully saturated rings. The number of morpholine rings is 1. The van der Waals surface area contributed by atoms with E-state index in [-0.39, 0.29) is 5.41 Å². The fourth-order valence-electron chi connectivity index (χ4n) is 7.40. The molecule has 0 unspecified atom stereocenters. The molecule has 204 valence electrons. The van der Waals surface area contributed by atoms with Gasteiger partial charge in [0.25, 0.3) is 0 Å². The molecule has 0 spiro atoms. The highest BCUT2D eigenvalue weighted by Gasteiger charge is 2.51. The second-order valence-corrected chi connectivity index (χ2v) is 16.1. The second kappa shape index (κ2) is 9.31. The van der Waals surface area contributed by atoms with Crippen LogP contribution in [0.15, 0.2) is 48.5 Å². The third-order valence-electron chi connectivity index (χ3n) is 9.05. The summed E-state index contributed by atoms with van der Waals surface area (Å²) in [6.07, 6.45) is -2.35. The largest absolute Gasteiger partial charge is 0.379 e. The van der Waals surface area contributed by atoms with Gasteiger partial charge in [0, 0.05) is 63.3 Å². The number of fused-ring (bicyclic) bond motifs is 2. The molecule has 39 heavy (non-hydrogen) atoms. The summed E-state index contributed by atoms with van der Waals surface area (Å²) in [6, 6.07) is 17.9. The highest BCUT2D eigenvalue weighted by Crippen LogP contribution is 2.60. The van der Waals surface area contributed by atoms with E-state index in [9.17, 15) is 0 Å². The first kappa shape index (κ1) is 26.8. The highest BCUT2D eigenvalue weighted by atomic mass is 32.4. The summed E-state index contributed by atoms with van der Waals surface area (Å²) >= 11 is 7.10. The van der Waals surface area contributed by atoms with Gasteiger partial charge in [0.05, 0.1) is 19.4 Å². The lowest BCUT2D eigenvalue weighted by atomic mass is 9.77. The van der Waals surface area contributed by atoms with E-state index in [1.807, 2.05) is 0 Å². The summed E-state index contributed by atoms with van der Waals surface area (Å²) in [5.74, 6) is 0. The Labute approximate surface area is 238 Å². The number of nitrogens with zero attached hydrogens (tertiary/aromatic N) is 3. The van der Waals surface area contributed by atoms with Gasteiger partial charge in [0.15, 0.2) is 0 Å². The number of hydrogen-bond donors (Lipinski definition) is 0. The van der Waals surface area contributed by atoms with Crippen molar-refractivity contribution in [3.8, 4) is 11.4 Å². The predicted octanol–water partition coefficient (Wildman–Crippen LogP) is 6.44. The molecular weight excluding hydrogens is 517 g/mol. The van der Waals surface area contributed by atoms with Crippen molar-refractivity contribution in [3.63, 3.8) is 0 Å². The molecule has 6 rings (SSSR count). The zero-order chi connectivity index (χ0) is 27.9. The molecule has 4 heterocycles. The topological polar surface area (TPSA) is 22.3 Å². The molecule has 4 nitrogen and oxygen atoms in total. The van der Waals surface area contributed by atoms with Crippen molar-refractivity contribution in [2.45, 2.75) is 60.8 Å². The van der Waals surface area contributed by atoms with E-state index < -0.39 is 6.19 Å². The first-order valence-electron chi connectivity index (χ1n) is 14.0. The monoisotopic (exact) mass is 557 g/mol. The molecule has 0 saturated carbocycles. The maximum Gasteiger partial charge on any atom is 0.0753 e. The van der Waals surface area contributed by atoms with Crippen LogP contribution in [0.5, 0.6) is 0 Å². The minimum absolute atomic E-state index is 0.186. The number of ether oxygens (including phenoxy) is 1. The number of benzene rings is 2. The molecule has 2 aromatic carbocycles. The quantitative estimate of drug-likeness (QED) is 0.271. The number of hydrogen-bond acceptors (Lipinski definition) is 2. The Bertz CT molecular complexity index is 1520. The van der Waals surface area contributed by atoms with Crippen molar-refractivity contribution < 1.29 is 4.74 Å². The number of aromatic nitrogens is 2. The fourth-order valence-corrected chi connectivity index (χ4v) is 13.3. The van der Waals surface area contributed by atoms with Crippen LogP contribution in [-0.2, 0) is 22.0 Å². The summed E-state index contributed by atoms with van der Waals surface area (Å²) < 4.78 is 13.4. The lowest BCUT2D eigenvalue weighted by Crippen LogP contribution is -2.47. The molecule has 0 radical (unpaired) electrons. The van der Waals surface area contributed by atoms with Gasteiger partial charge >= 0.3 is 0 Å². The SMILES string of the molecule is Cc1ccc(-n2c(C)c3c(c2C)P(=S)(N2CCOCC2)c2c(c(C)n(-c4ccc(C)cc4)c2C)C3(C)C)cc1. The highest BCUT2D eigenvalue weighted by molar-refractivity contribution is 8.21. The van der Waals surface area contributed by atoms with Gasteiger partial charge < -0.3 is 13.9 Å². The van der Waals surface area contributed by atoms with Crippen LogP contribution < -0.4 is 10.6 Å². The van der Waals surface area contributed by atoms with Gasteiger partial charge in [-0.15, -0.1) is 0 Å². The molecule has 0 N–H and O–H groups in total. The molecule has 2 aliphatic rings.